The van der Waals surface area contributed by atoms with Crippen molar-refractivity contribution in [1.29, 1.82) is 0 Å². The van der Waals surface area contributed by atoms with Gasteiger partial charge in [-0.25, -0.2) is 4.79 Å². The quantitative estimate of drug-likeness (QED) is 0.514. The molecular weight excluding hydrogens is 240 g/mol. The minimum absolute atomic E-state index is 0.371. The molecule has 0 N–H and O–H groups in total. The molecule has 2 aromatic carbocycles. The summed E-state index contributed by atoms with van der Waals surface area (Å²) in [4.78, 5) is 11.1. The summed E-state index contributed by atoms with van der Waals surface area (Å²) in [7, 11) is 1.36. The zero-order valence-electron chi connectivity index (χ0n) is 10.4. The molecule has 3 rings (SSSR count). The number of ether oxygens (including phenoxy) is 1. The first-order valence-electron chi connectivity index (χ1n) is 5.95. The molecule has 0 radical (unpaired) electrons. The molecule has 0 atom stereocenters. The Labute approximate surface area is 110 Å². The second kappa shape index (κ2) is 4.61. The summed E-state index contributed by atoms with van der Waals surface area (Å²) in [6.45, 7) is 0. The van der Waals surface area contributed by atoms with Gasteiger partial charge >= 0.3 is 5.97 Å². The van der Waals surface area contributed by atoms with Gasteiger partial charge < -0.3 is 9.15 Å². The van der Waals surface area contributed by atoms with Gasteiger partial charge in [-0.15, -0.1) is 0 Å². The van der Waals surface area contributed by atoms with Crippen molar-refractivity contribution in [3.05, 3.63) is 54.1 Å². The van der Waals surface area contributed by atoms with Crippen LogP contribution in [0.4, 0.5) is 0 Å². The van der Waals surface area contributed by atoms with Crippen molar-refractivity contribution in [2.75, 3.05) is 7.11 Å². The lowest BCUT2D eigenvalue weighted by molar-refractivity contribution is -0.134. The maximum absolute atomic E-state index is 11.1. The highest BCUT2D eigenvalue weighted by Crippen LogP contribution is 2.29. The normalized spacial score (nSPS) is 11.4. The molecule has 1 heterocycles. The fraction of sp³-hybridized carbons (Fsp3) is 0.0625. The lowest BCUT2D eigenvalue weighted by atomic mass is 10.1. The molecule has 94 valence electrons. The third kappa shape index (κ3) is 2.10. The summed E-state index contributed by atoms with van der Waals surface area (Å²) in [5.41, 5.74) is 2.58. The molecule has 1 aromatic heterocycles. The van der Waals surface area contributed by atoms with Crippen LogP contribution in [0.25, 0.3) is 28.0 Å². The van der Waals surface area contributed by atoms with E-state index in [0.717, 1.165) is 27.5 Å². The van der Waals surface area contributed by atoms with Crippen molar-refractivity contribution in [3.8, 4) is 0 Å². The van der Waals surface area contributed by atoms with Crippen LogP contribution < -0.4 is 0 Å². The highest BCUT2D eigenvalue weighted by molar-refractivity contribution is 6.05. The Morgan fingerprint density at radius 2 is 1.89 bits per heavy atom. The number of hydrogen-bond donors (Lipinski definition) is 0. The predicted molar refractivity (Wildman–Crippen MR) is 74.8 cm³/mol. The molecule has 3 aromatic rings. The van der Waals surface area contributed by atoms with E-state index in [1.807, 2.05) is 42.5 Å². The van der Waals surface area contributed by atoms with E-state index in [1.54, 1.807) is 6.08 Å². The number of rotatable bonds is 2. The number of furan rings is 1. The molecule has 0 spiro atoms. The summed E-state index contributed by atoms with van der Waals surface area (Å²) >= 11 is 0. The average Bonchev–Trinajstić information content (AvgIpc) is 2.82. The van der Waals surface area contributed by atoms with Crippen LogP contribution in [0.5, 0.6) is 0 Å². The van der Waals surface area contributed by atoms with Crippen LogP contribution in [0.3, 0.4) is 0 Å². The molecule has 0 fully saturated rings. The summed E-state index contributed by atoms with van der Waals surface area (Å²) in [6, 6.07) is 13.8. The Hall–Kier alpha value is -2.55. The van der Waals surface area contributed by atoms with Crippen LogP contribution in [-0.4, -0.2) is 13.1 Å². The maximum Gasteiger partial charge on any atom is 0.330 e. The number of hydrogen-bond acceptors (Lipinski definition) is 3. The molecule has 0 aliphatic carbocycles. The van der Waals surface area contributed by atoms with E-state index in [0.29, 0.717) is 0 Å². The summed E-state index contributed by atoms with van der Waals surface area (Å²) < 4.78 is 10.3. The molecule has 0 saturated carbocycles. The number of methoxy groups -OCH3 is 1. The summed E-state index contributed by atoms with van der Waals surface area (Å²) in [5, 5.41) is 2.17. The van der Waals surface area contributed by atoms with E-state index < -0.39 is 0 Å². The van der Waals surface area contributed by atoms with E-state index in [2.05, 4.69) is 4.74 Å². The van der Waals surface area contributed by atoms with Gasteiger partial charge in [0.05, 0.1) is 7.11 Å². The van der Waals surface area contributed by atoms with Crippen LogP contribution in [0.2, 0.25) is 0 Å². The van der Waals surface area contributed by atoms with Crippen molar-refractivity contribution in [1.82, 2.24) is 0 Å². The van der Waals surface area contributed by atoms with Crippen LogP contribution >= 0.6 is 0 Å². The zero-order chi connectivity index (χ0) is 13.2. The van der Waals surface area contributed by atoms with E-state index in [4.69, 9.17) is 4.42 Å². The van der Waals surface area contributed by atoms with Gasteiger partial charge in [0.25, 0.3) is 0 Å². The highest BCUT2D eigenvalue weighted by atomic mass is 16.5. The first-order valence-corrected chi connectivity index (χ1v) is 5.95. The third-order valence-electron chi connectivity index (χ3n) is 3.02. The van der Waals surface area contributed by atoms with Crippen LogP contribution in [-0.2, 0) is 9.53 Å². The Bertz CT molecular complexity index is 781. The minimum atomic E-state index is -0.371. The van der Waals surface area contributed by atoms with Gasteiger partial charge in [-0.05, 0) is 29.8 Å². The Balaban J connectivity index is 2.08. The topological polar surface area (TPSA) is 39.4 Å². The molecule has 0 amide bonds. The number of carbonyl (C=O) groups excluding carboxylic acids is 1. The van der Waals surface area contributed by atoms with Gasteiger partial charge in [0, 0.05) is 16.8 Å². The SMILES string of the molecule is COC(=O)/C=C/c1ccc2c(c1)oc1ccccc12. The summed E-state index contributed by atoms with van der Waals surface area (Å²) in [5.74, 6) is -0.371. The van der Waals surface area contributed by atoms with Crippen LogP contribution in [0, 0.1) is 0 Å². The van der Waals surface area contributed by atoms with Gasteiger partial charge in [-0.2, -0.15) is 0 Å². The van der Waals surface area contributed by atoms with E-state index in [9.17, 15) is 4.79 Å². The Morgan fingerprint density at radius 1 is 1.11 bits per heavy atom. The second-order valence-electron chi connectivity index (χ2n) is 4.21. The number of carbonyl (C=O) groups is 1. The van der Waals surface area contributed by atoms with Crippen molar-refractivity contribution in [2.45, 2.75) is 0 Å². The van der Waals surface area contributed by atoms with Gasteiger partial charge in [0.15, 0.2) is 0 Å². The predicted octanol–water partition coefficient (Wildman–Crippen LogP) is 3.77. The van der Waals surface area contributed by atoms with Crippen molar-refractivity contribution >= 4 is 34.0 Å². The molecule has 0 saturated heterocycles. The molecule has 3 nitrogen and oxygen atoms in total. The average molecular weight is 252 g/mol. The number of esters is 1. The number of benzene rings is 2. The summed E-state index contributed by atoms with van der Waals surface area (Å²) in [6.07, 6.45) is 3.10. The highest BCUT2D eigenvalue weighted by Gasteiger charge is 2.05. The number of para-hydroxylation sites is 1. The number of fused-ring (bicyclic) bond motifs is 3. The van der Waals surface area contributed by atoms with Gasteiger partial charge in [0.2, 0.25) is 0 Å². The molecule has 0 aliphatic rings. The van der Waals surface area contributed by atoms with Crippen molar-refractivity contribution in [2.24, 2.45) is 0 Å². The molecule has 3 heteroatoms. The Kier molecular flexibility index (Phi) is 2.80. The van der Waals surface area contributed by atoms with Crippen LogP contribution in [0.15, 0.2) is 53.0 Å². The van der Waals surface area contributed by atoms with Gasteiger partial charge in [-0.3, -0.25) is 0 Å². The molecule has 0 aliphatic heterocycles. The van der Waals surface area contributed by atoms with E-state index in [1.165, 1.54) is 13.2 Å². The molecule has 19 heavy (non-hydrogen) atoms. The minimum Gasteiger partial charge on any atom is -0.466 e. The Morgan fingerprint density at radius 3 is 2.74 bits per heavy atom. The first-order chi connectivity index (χ1) is 9.28. The largest absolute Gasteiger partial charge is 0.466 e. The lowest BCUT2D eigenvalue weighted by Crippen LogP contribution is -1.93. The molecule has 0 unspecified atom stereocenters. The fourth-order valence-corrected chi connectivity index (χ4v) is 2.08. The second-order valence-corrected chi connectivity index (χ2v) is 4.21. The zero-order valence-corrected chi connectivity index (χ0v) is 10.4. The third-order valence-corrected chi connectivity index (χ3v) is 3.02. The maximum atomic E-state index is 11.1. The standard InChI is InChI=1S/C16H12O3/c1-18-16(17)9-7-11-6-8-13-12-4-2-3-5-14(12)19-15(13)10-11/h2-10H,1H3/b9-7+. The lowest BCUT2D eigenvalue weighted by Gasteiger charge is -1.94. The molecular formula is C16H12O3. The molecule has 0 bridgehead atoms. The smallest absolute Gasteiger partial charge is 0.330 e. The monoisotopic (exact) mass is 252 g/mol. The first kappa shape index (κ1) is 11.5. The van der Waals surface area contributed by atoms with E-state index in [-0.39, 0.29) is 5.97 Å². The van der Waals surface area contributed by atoms with Gasteiger partial charge in [-0.1, -0.05) is 24.3 Å². The van der Waals surface area contributed by atoms with Crippen molar-refractivity contribution < 1.29 is 13.9 Å². The van der Waals surface area contributed by atoms with E-state index >= 15 is 0 Å². The van der Waals surface area contributed by atoms with Gasteiger partial charge in [0.1, 0.15) is 11.2 Å². The van der Waals surface area contributed by atoms with Crippen molar-refractivity contribution in [3.63, 3.8) is 0 Å². The fourth-order valence-electron chi connectivity index (χ4n) is 2.08. The van der Waals surface area contributed by atoms with Crippen LogP contribution in [0.1, 0.15) is 5.56 Å².